The van der Waals surface area contributed by atoms with Gasteiger partial charge in [0.15, 0.2) is 11.5 Å². The molecule has 0 fully saturated rings. The quantitative estimate of drug-likeness (QED) is 0.661. The van der Waals surface area contributed by atoms with Crippen LogP contribution < -0.4 is 20.5 Å². The first-order chi connectivity index (χ1) is 11.4. The molecular formula is C16H23N3O5. The highest BCUT2D eigenvalue weighted by atomic mass is 16.5. The highest BCUT2D eigenvalue weighted by Crippen LogP contribution is 2.27. The number of hydrogen-bond acceptors (Lipinski definition) is 6. The minimum Gasteiger partial charge on any atom is -0.493 e. The van der Waals surface area contributed by atoms with Crippen molar-refractivity contribution in [1.82, 2.24) is 10.2 Å². The summed E-state index contributed by atoms with van der Waals surface area (Å²) in [7, 11) is 3.08. The number of imide groups is 1. The van der Waals surface area contributed by atoms with Crippen LogP contribution in [-0.2, 0) is 20.8 Å². The van der Waals surface area contributed by atoms with Gasteiger partial charge in [0.25, 0.3) is 0 Å². The van der Waals surface area contributed by atoms with Gasteiger partial charge in [-0.25, -0.2) is 0 Å². The van der Waals surface area contributed by atoms with Gasteiger partial charge in [0.2, 0.25) is 5.91 Å². The summed E-state index contributed by atoms with van der Waals surface area (Å²) in [4.78, 5) is 35.9. The lowest BCUT2D eigenvalue weighted by molar-refractivity contribution is -0.151. The smallest absolute Gasteiger partial charge is 0.318 e. The Morgan fingerprint density at radius 1 is 1.17 bits per heavy atom. The van der Waals surface area contributed by atoms with Crippen LogP contribution in [0.2, 0.25) is 0 Å². The number of amides is 3. The second-order valence-corrected chi connectivity index (χ2v) is 4.96. The van der Waals surface area contributed by atoms with Crippen molar-refractivity contribution in [2.45, 2.75) is 13.3 Å². The average Bonchev–Trinajstić information content (AvgIpc) is 2.58. The monoisotopic (exact) mass is 337 g/mol. The number of nitrogens with two attached hydrogens (primary N) is 1. The topological polar surface area (TPSA) is 111 Å². The molecule has 0 spiro atoms. The Balaban J connectivity index is 2.59. The summed E-state index contributed by atoms with van der Waals surface area (Å²) in [6, 6.07) is 5.40. The number of hydrogen-bond donors (Lipinski definition) is 2. The molecule has 3 amide bonds. The third-order valence-electron chi connectivity index (χ3n) is 3.32. The van der Waals surface area contributed by atoms with Crippen molar-refractivity contribution >= 4 is 17.7 Å². The van der Waals surface area contributed by atoms with Crippen LogP contribution in [0.4, 0.5) is 0 Å². The molecule has 132 valence electrons. The number of methoxy groups -OCH3 is 2. The Morgan fingerprint density at radius 2 is 1.83 bits per heavy atom. The van der Waals surface area contributed by atoms with E-state index in [-0.39, 0.29) is 19.6 Å². The van der Waals surface area contributed by atoms with Crippen LogP contribution in [0.3, 0.4) is 0 Å². The van der Waals surface area contributed by atoms with Crippen LogP contribution in [-0.4, -0.2) is 56.5 Å². The van der Waals surface area contributed by atoms with Gasteiger partial charge in [-0.2, -0.15) is 0 Å². The number of ether oxygens (including phenoxy) is 2. The normalized spacial score (nSPS) is 10.0. The summed E-state index contributed by atoms with van der Waals surface area (Å²) in [6.07, 6.45) is 0.496. The molecule has 3 N–H and O–H groups in total. The molecule has 1 aromatic rings. The molecule has 0 aliphatic carbocycles. The third-order valence-corrected chi connectivity index (χ3v) is 3.32. The maximum Gasteiger partial charge on any atom is 0.318 e. The molecule has 0 saturated carbocycles. The van der Waals surface area contributed by atoms with Crippen molar-refractivity contribution in [3.63, 3.8) is 0 Å². The molecule has 0 unspecified atom stereocenters. The van der Waals surface area contributed by atoms with Gasteiger partial charge in [0, 0.05) is 26.6 Å². The lowest BCUT2D eigenvalue weighted by Crippen LogP contribution is -2.47. The van der Waals surface area contributed by atoms with E-state index in [0.29, 0.717) is 17.9 Å². The lowest BCUT2D eigenvalue weighted by atomic mass is 10.1. The maximum atomic E-state index is 11.9. The maximum absolute atomic E-state index is 11.9. The van der Waals surface area contributed by atoms with Crippen LogP contribution >= 0.6 is 0 Å². The summed E-state index contributed by atoms with van der Waals surface area (Å²) in [5.41, 5.74) is 6.24. The SMILES string of the molecule is COc1ccc(CCNC(=O)C(=O)N(CCN)C(C)=O)cc1OC. The van der Waals surface area contributed by atoms with Crippen molar-refractivity contribution in [1.29, 1.82) is 0 Å². The molecule has 0 saturated heterocycles. The lowest BCUT2D eigenvalue weighted by Gasteiger charge is -2.17. The number of benzene rings is 1. The minimum absolute atomic E-state index is 0.0112. The number of carbonyl (C=O) groups is 3. The van der Waals surface area contributed by atoms with Gasteiger partial charge in [0.05, 0.1) is 14.2 Å². The molecule has 0 atom stereocenters. The average molecular weight is 337 g/mol. The van der Waals surface area contributed by atoms with E-state index in [2.05, 4.69) is 5.32 Å². The van der Waals surface area contributed by atoms with Gasteiger partial charge in [0.1, 0.15) is 0 Å². The van der Waals surface area contributed by atoms with Gasteiger partial charge >= 0.3 is 11.8 Å². The molecule has 1 rings (SSSR count). The Morgan fingerprint density at radius 3 is 2.38 bits per heavy atom. The van der Waals surface area contributed by atoms with Crippen molar-refractivity contribution in [2.24, 2.45) is 5.73 Å². The fourth-order valence-corrected chi connectivity index (χ4v) is 2.09. The van der Waals surface area contributed by atoms with Crippen LogP contribution in [0.25, 0.3) is 0 Å². The van der Waals surface area contributed by atoms with Crippen LogP contribution in [0.15, 0.2) is 18.2 Å². The van der Waals surface area contributed by atoms with Crippen LogP contribution in [0, 0.1) is 0 Å². The molecule has 1 aromatic carbocycles. The summed E-state index contributed by atoms with van der Waals surface area (Å²) in [6.45, 7) is 1.57. The summed E-state index contributed by atoms with van der Waals surface area (Å²) in [5.74, 6) is -1.05. The van der Waals surface area contributed by atoms with Crippen molar-refractivity contribution < 1.29 is 23.9 Å². The second kappa shape index (κ2) is 9.51. The highest BCUT2D eigenvalue weighted by Gasteiger charge is 2.23. The van der Waals surface area contributed by atoms with Gasteiger partial charge in [-0.05, 0) is 24.1 Å². The Labute approximate surface area is 140 Å². The van der Waals surface area contributed by atoms with E-state index in [9.17, 15) is 14.4 Å². The molecule has 0 aliphatic heterocycles. The zero-order valence-corrected chi connectivity index (χ0v) is 14.1. The highest BCUT2D eigenvalue weighted by molar-refractivity contribution is 6.37. The first kappa shape index (κ1) is 19.4. The van der Waals surface area contributed by atoms with E-state index in [1.807, 2.05) is 6.07 Å². The molecule has 0 heterocycles. The van der Waals surface area contributed by atoms with Gasteiger partial charge < -0.3 is 20.5 Å². The Kier molecular flexibility index (Phi) is 7.70. The molecule has 0 aliphatic rings. The van der Waals surface area contributed by atoms with E-state index in [0.717, 1.165) is 10.5 Å². The van der Waals surface area contributed by atoms with E-state index < -0.39 is 17.7 Å². The van der Waals surface area contributed by atoms with Crippen molar-refractivity contribution in [2.75, 3.05) is 33.9 Å². The van der Waals surface area contributed by atoms with Gasteiger partial charge in [-0.3, -0.25) is 19.3 Å². The van der Waals surface area contributed by atoms with Crippen molar-refractivity contribution in [3.05, 3.63) is 23.8 Å². The molecular weight excluding hydrogens is 314 g/mol. The van der Waals surface area contributed by atoms with Crippen molar-refractivity contribution in [3.8, 4) is 11.5 Å². The predicted molar refractivity (Wildman–Crippen MR) is 87.7 cm³/mol. The number of nitrogens with zero attached hydrogens (tertiary/aromatic N) is 1. The summed E-state index contributed by atoms with van der Waals surface area (Å²) >= 11 is 0. The van der Waals surface area contributed by atoms with Gasteiger partial charge in [-0.15, -0.1) is 0 Å². The van der Waals surface area contributed by atoms with Gasteiger partial charge in [-0.1, -0.05) is 6.07 Å². The molecule has 8 heteroatoms. The fourth-order valence-electron chi connectivity index (χ4n) is 2.09. The Hall–Kier alpha value is -2.61. The van der Waals surface area contributed by atoms with E-state index in [4.69, 9.17) is 15.2 Å². The molecule has 8 nitrogen and oxygen atoms in total. The summed E-state index contributed by atoms with van der Waals surface area (Å²) in [5, 5.41) is 2.50. The minimum atomic E-state index is -0.903. The zero-order valence-electron chi connectivity index (χ0n) is 14.1. The number of rotatable bonds is 7. The fraction of sp³-hybridized carbons (Fsp3) is 0.438. The molecule has 0 aromatic heterocycles. The molecule has 24 heavy (non-hydrogen) atoms. The standard InChI is InChI=1S/C16H23N3O5/c1-11(20)19(9-7-17)16(22)15(21)18-8-6-12-4-5-13(23-2)14(10-12)24-3/h4-5,10H,6-9,17H2,1-3H3,(H,18,21). The molecule has 0 radical (unpaired) electrons. The molecule has 0 bridgehead atoms. The number of carbonyl (C=O) groups excluding carboxylic acids is 3. The largest absolute Gasteiger partial charge is 0.493 e. The second-order valence-electron chi connectivity index (χ2n) is 4.96. The first-order valence-corrected chi connectivity index (χ1v) is 7.45. The Bertz CT molecular complexity index is 603. The van der Waals surface area contributed by atoms with E-state index in [1.54, 1.807) is 19.2 Å². The van der Waals surface area contributed by atoms with Crippen LogP contribution in [0.1, 0.15) is 12.5 Å². The van der Waals surface area contributed by atoms with E-state index >= 15 is 0 Å². The van der Waals surface area contributed by atoms with Crippen LogP contribution in [0.5, 0.6) is 11.5 Å². The summed E-state index contributed by atoms with van der Waals surface area (Å²) < 4.78 is 10.4. The first-order valence-electron chi connectivity index (χ1n) is 7.45. The third kappa shape index (κ3) is 5.24. The number of nitrogens with one attached hydrogen (secondary N) is 1. The predicted octanol–water partition coefficient (Wildman–Crippen LogP) is -0.304. The zero-order chi connectivity index (χ0) is 18.1. The van der Waals surface area contributed by atoms with E-state index in [1.165, 1.54) is 14.0 Å².